The SMILES string of the molecule is CC1CCC(NC(=O)c2ccc(CNC(N)=O)cc2)C1. The molecule has 0 bridgehead atoms. The predicted molar refractivity (Wildman–Crippen MR) is 77.1 cm³/mol. The van der Waals surface area contributed by atoms with E-state index in [0.717, 1.165) is 18.4 Å². The quantitative estimate of drug-likeness (QED) is 0.782. The number of nitrogens with two attached hydrogens (primary N) is 1. The summed E-state index contributed by atoms with van der Waals surface area (Å²) < 4.78 is 0. The van der Waals surface area contributed by atoms with Gasteiger partial charge in [-0.2, -0.15) is 0 Å². The summed E-state index contributed by atoms with van der Waals surface area (Å²) in [6.45, 7) is 2.59. The van der Waals surface area contributed by atoms with E-state index in [-0.39, 0.29) is 5.91 Å². The van der Waals surface area contributed by atoms with E-state index in [0.29, 0.717) is 24.1 Å². The lowest BCUT2D eigenvalue weighted by molar-refractivity contribution is 0.0937. The number of amides is 3. The van der Waals surface area contributed by atoms with Crippen LogP contribution in [0.1, 0.15) is 42.1 Å². The number of urea groups is 1. The van der Waals surface area contributed by atoms with E-state index in [1.807, 2.05) is 12.1 Å². The van der Waals surface area contributed by atoms with Crippen LogP contribution in [0.2, 0.25) is 0 Å². The van der Waals surface area contributed by atoms with Crippen molar-refractivity contribution in [3.63, 3.8) is 0 Å². The van der Waals surface area contributed by atoms with E-state index in [1.165, 1.54) is 6.42 Å². The summed E-state index contributed by atoms with van der Waals surface area (Å²) in [4.78, 5) is 22.7. The van der Waals surface area contributed by atoms with Crippen molar-refractivity contribution in [3.8, 4) is 0 Å². The molecule has 1 aliphatic rings. The first-order chi connectivity index (χ1) is 9.54. The van der Waals surface area contributed by atoms with Crippen LogP contribution in [0.4, 0.5) is 4.79 Å². The Hall–Kier alpha value is -2.04. The predicted octanol–water partition coefficient (Wildman–Crippen LogP) is 1.77. The Bertz CT molecular complexity index is 484. The van der Waals surface area contributed by atoms with Crippen LogP contribution in [-0.4, -0.2) is 18.0 Å². The molecule has 2 rings (SSSR count). The zero-order chi connectivity index (χ0) is 14.5. The van der Waals surface area contributed by atoms with E-state index in [2.05, 4.69) is 17.6 Å². The molecule has 1 aliphatic carbocycles. The van der Waals surface area contributed by atoms with Gasteiger partial charge in [-0.25, -0.2) is 4.79 Å². The molecule has 0 radical (unpaired) electrons. The zero-order valence-electron chi connectivity index (χ0n) is 11.7. The summed E-state index contributed by atoms with van der Waals surface area (Å²) in [6, 6.07) is 6.93. The fourth-order valence-electron chi connectivity index (χ4n) is 2.57. The number of rotatable bonds is 4. The van der Waals surface area contributed by atoms with Crippen LogP contribution in [0.3, 0.4) is 0 Å². The van der Waals surface area contributed by atoms with Crippen LogP contribution in [0.25, 0.3) is 0 Å². The van der Waals surface area contributed by atoms with Gasteiger partial charge in [0.05, 0.1) is 0 Å². The van der Waals surface area contributed by atoms with Crippen molar-refractivity contribution in [3.05, 3.63) is 35.4 Å². The third-order valence-electron chi connectivity index (χ3n) is 3.71. The second-order valence-corrected chi connectivity index (χ2v) is 5.50. The summed E-state index contributed by atoms with van der Waals surface area (Å²) in [6.07, 6.45) is 3.31. The second-order valence-electron chi connectivity index (χ2n) is 5.50. The summed E-state index contributed by atoms with van der Waals surface area (Å²) >= 11 is 0. The number of hydrogen-bond acceptors (Lipinski definition) is 2. The zero-order valence-corrected chi connectivity index (χ0v) is 11.7. The number of primary amides is 1. The number of hydrogen-bond donors (Lipinski definition) is 3. The summed E-state index contributed by atoms with van der Waals surface area (Å²) in [7, 11) is 0. The molecule has 0 aliphatic heterocycles. The average Bonchev–Trinajstić information content (AvgIpc) is 2.82. The Morgan fingerprint density at radius 2 is 1.95 bits per heavy atom. The lowest BCUT2D eigenvalue weighted by Gasteiger charge is -2.12. The molecule has 20 heavy (non-hydrogen) atoms. The van der Waals surface area contributed by atoms with Crippen molar-refractivity contribution >= 4 is 11.9 Å². The van der Waals surface area contributed by atoms with Crippen molar-refractivity contribution in [1.82, 2.24) is 10.6 Å². The smallest absolute Gasteiger partial charge is 0.312 e. The van der Waals surface area contributed by atoms with E-state index < -0.39 is 6.03 Å². The van der Waals surface area contributed by atoms with Gasteiger partial charge in [0.1, 0.15) is 0 Å². The third-order valence-corrected chi connectivity index (χ3v) is 3.71. The van der Waals surface area contributed by atoms with Crippen molar-refractivity contribution in [2.24, 2.45) is 11.7 Å². The van der Waals surface area contributed by atoms with Gasteiger partial charge in [0.25, 0.3) is 5.91 Å². The topological polar surface area (TPSA) is 84.2 Å². The molecule has 0 saturated heterocycles. The minimum Gasteiger partial charge on any atom is -0.352 e. The van der Waals surface area contributed by atoms with Gasteiger partial charge in [0.15, 0.2) is 0 Å². The van der Waals surface area contributed by atoms with Crippen LogP contribution >= 0.6 is 0 Å². The number of benzene rings is 1. The molecule has 0 aromatic heterocycles. The maximum absolute atomic E-state index is 12.1. The highest BCUT2D eigenvalue weighted by Gasteiger charge is 2.22. The van der Waals surface area contributed by atoms with Gasteiger partial charge >= 0.3 is 6.03 Å². The minimum atomic E-state index is -0.554. The first kappa shape index (κ1) is 14.4. The molecule has 0 heterocycles. The lowest BCUT2D eigenvalue weighted by atomic mass is 10.1. The van der Waals surface area contributed by atoms with Gasteiger partial charge in [0, 0.05) is 18.2 Å². The van der Waals surface area contributed by atoms with Crippen LogP contribution in [0, 0.1) is 5.92 Å². The molecule has 0 spiro atoms. The first-order valence-corrected chi connectivity index (χ1v) is 6.97. The monoisotopic (exact) mass is 275 g/mol. The standard InChI is InChI=1S/C15H21N3O2/c1-10-2-7-13(8-10)18-14(19)12-5-3-11(4-6-12)9-17-15(16)20/h3-6,10,13H,2,7-9H2,1H3,(H,18,19)(H3,16,17,20). The van der Waals surface area contributed by atoms with Crippen LogP contribution in [0.15, 0.2) is 24.3 Å². The molecule has 108 valence electrons. The second kappa shape index (κ2) is 6.41. The van der Waals surface area contributed by atoms with Crippen molar-refractivity contribution in [2.45, 2.75) is 38.8 Å². The molecule has 1 fully saturated rings. The molecule has 2 atom stereocenters. The van der Waals surface area contributed by atoms with Crippen LogP contribution in [0.5, 0.6) is 0 Å². The van der Waals surface area contributed by atoms with Crippen LogP contribution in [-0.2, 0) is 6.54 Å². The fourth-order valence-corrected chi connectivity index (χ4v) is 2.57. The van der Waals surface area contributed by atoms with Gasteiger partial charge in [-0.15, -0.1) is 0 Å². The summed E-state index contributed by atoms with van der Waals surface area (Å²) in [5, 5.41) is 5.58. The normalized spacial score (nSPS) is 21.4. The summed E-state index contributed by atoms with van der Waals surface area (Å²) in [5.41, 5.74) is 6.56. The largest absolute Gasteiger partial charge is 0.352 e. The van der Waals surface area contributed by atoms with Crippen molar-refractivity contribution in [2.75, 3.05) is 0 Å². The highest BCUT2D eigenvalue weighted by molar-refractivity contribution is 5.94. The Balaban J connectivity index is 1.88. The third kappa shape index (κ3) is 3.98. The van der Waals surface area contributed by atoms with E-state index in [4.69, 9.17) is 5.73 Å². The Morgan fingerprint density at radius 1 is 1.25 bits per heavy atom. The van der Waals surface area contributed by atoms with E-state index >= 15 is 0 Å². The van der Waals surface area contributed by atoms with Gasteiger partial charge < -0.3 is 16.4 Å². The number of carbonyl (C=O) groups excluding carboxylic acids is 2. The maximum Gasteiger partial charge on any atom is 0.312 e. The van der Waals surface area contributed by atoms with Gasteiger partial charge in [-0.1, -0.05) is 19.1 Å². The van der Waals surface area contributed by atoms with E-state index in [1.54, 1.807) is 12.1 Å². The number of nitrogens with one attached hydrogen (secondary N) is 2. The van der Waals surface area contributed by atoms with Gasteiger partial charge in [0.2, 0.25) is 0 Å². The van der Waals surface area contributed by atoms with Gasteiger partial charge in [-0.3, -0.25) is 4.79 Å². The molecule has 2 unspecified atom stereocenters. The lowest BCUT2D eigenvalue weighted by Crippen LogP contribution is -2.32. The summed E-state index contributed by atoms with van der Waals surface area (Å²) in [5.74, 6) is 0.668. The average molecular weight is 275 g/mol. The molecule has 3 amide bonds. The molecule has 1 aromatic rings. The Kier molecular flexibility index (Phi) is 4.61. The molecule has 1 aromatic carbocycles. The molecule has 5 heteroatoms. The van der Waals surface area contributed by atoms with E-state index in [9.17, 15) is 9.59 Å². The van der Waals surface area contributed by atoms with Gasteiger partial charge in [-0.05, 0) is 42.9 Å². The fraction of sp³-hybridized carbons (Fsp3) is 0.467. The highest BCUT2D eigenvalue weighted by Crippen LogP contribution is 2.24. The minimum absolute atomic E-state index is 0.0292. The molecular weight excluding hydrogens is 254 g/mol. The highest BCUT2D eigenvalue weighted by atomic mass is 16.2. The molecular formula is C15H21N3O2. The Labute approximate surface area is 118 Å². The molecule has 1 saturated carbocycles. The van der Waals surface area contributed by atoms with Crippen molar-refractivity contribution < 1.29 is 9.59 Å². The number of carbonyl (C=O) groups is 2. The first-order valence-electron chi connectivity index (χ1n) is 6.97. The molecule has 4 N–H and O–H groups in total. The Morgan fingerprint density at radius 3 is 2.50 bits per heavy atom. The molecule has 5 nitrogen and oxygen atoms in total. The van der Waals surface area contributed by atoms with Crippen molar-refractivity contribution in [1.29, 1.82) is 0 Å². The van der Waals surface area contributed by atoms with Crippen LogP contribution < -0.4 is 16.4 Å². The maximum atomic E-state index is 12.1.